The molecule has 0 saturated carbocycles. The molecule has 1 N–H and O–H groups in total. The molecular formula is C15H12N2. The number of nitrogens with one attached hydrogen (secondary N) is 1. The van der Waals surface area contributed by atoms with Gasteiger partial charge in [-0.25, -0.2) is 0 Å². The zero-order chi connectivity index (χ0) is 11.2. The lowest BCUT2D eigenvalue weighted by atomic mass is 9.93. The van der Waals surface area contributed by atoms with Crippen molar-refractivity contribution in [1.29, 1.82) is 0 Å². The summed E-state index contributed by atoms with van der Waals surface area (Å²) in [5, 5.41) is 5.95. The van der Waals surface area contributed by atoms with Crippen LogP contribution in [0.1, 0.15) is 17.5 Å². The molecule has 3 aliphatic rings. The van der Waals surface area contributed by atoms with Crippen LogP contribution in [-0.2, 0) is 6.54 Å². The standard InChI is InChI=1S/C15H12N2/c1-2-4-14-11(3-1)10-5-6-15-12(7-8-16-15)13(10)9-17-14/h1,3-8,17H,2,9H2. The SMILES string of the molecule is C1=CC2=c3ccc4c(c3CNC2=CC1)C=CN=4. The third-order valence-electron chi connectivity index (χ3n) is 3.57. The summed E-state index contributed by atoms with van der Waals surface area (Å²) in [6, 6.07) is 4.32. The lowest BCUT2D eigenvalue weighted by Gasteiger charge is -2.22. The summed E-state index contributed by atoms with van der Waals surface area (Å²) in [5.41, 5.74) is 5.25. The first-order valence-electron chi connectivity index (χ1n) is 5.95. The van der Waals surface area contributed by atoms with E-state index < -0.39 is 0 Å². The molecule has 2 aliphatic heterocycles. The lowest BCUT2D eigenvalue weighted by Crippen LogP contribution is -2.32. The van der Waals surface area contributed by atoms with Crippen molar-refractivity contribution in [3.8, 4) is 0 Å². The molecule has 1 aromatic rings. The van der Waals surface area contributed by atoms with Crippen LogP contribution < -0.4 is 15.9 Å². The summed E-state index contributed by atoms with van der Waals surface area (Å²) in [5.74, 6) is 0. The summed E-state index contributed by atoms with van der Waals surface area (Å²) in [6.45, 7) is 0.904. The Labute approximate surface area is 99.4 Å². The Morgan fingerprint density at radius 3 is 3.18 bits per heavy atom. The fourth-order valence-corrected chi connectivity index (χ4v) is 2.74. The highest BCUT2D eigenvalue weighted by atomic mass is 14.9. The van der Waals surface area contributed by atoms with Gasteiger partial charge in [0.15, 0.2) is 0 Å². The van der Waals surface area contributed by atoms with Crippen LogP contribution in [0.5, 0.6) is 0 Å². The van der Waals surface area contributed by atoms with E-state index in [1.54, 1.807) is 0 Å². The van der Waals surface area contributed by atoms with Crippen LogP contribution in [-0.4, -0.2) is 0 Å². The minimum atomic E-state index is 0.904. The first-order valence-corrected chi connectivity index (χ1v) is 5.95. The van der Waals surface area contributed by atoms with Gasteiger partial charge in [0, 0.05) is 29.6 Å². The fourth-order valence-electron chi connectivity index (χ4n) is 2.74. The Bertz CT molecular complexity index is 718. The van der Waals surface area contributed by atoms with Crippen LogP contribution in [0.3, 0.4) is 0 Å². The maximum atomic E-state index is 4.36. The second kappa shape index (κ2) is 3.20. The minimum absolute atomic E-state index is 0.904. The highest BCUT2D eigenvalue weighted by molar-refractivity contribution is 5.76. The van der Waals surface area contributed by atoms with Crippen LogP contribution in [0.4, 0.5) is 0 Å². The quantitative estimate of drug-likeness (QED) is 0.702. The smallest absolute Gasteiger partial charge is 0.0706 e. The largest absolute Gasteiger partial charge is 0.381 e. The maximum Gasteiger partial charge on any atom is 0.0706 e. The number of allylic oxidation sites excluding steroid dienone is 3. The number of benzene rings is 1. The molecule has 82 valence electrons. The van der Waals surface area contributed by atoms with Crippen LogP contribution >= 0.6 is 0 Å². The summed E-state index contributed by atoms with van der Waals surface area (Å²) in [7, 11) is 0. The van der Waals surface area contributed by atoms with Crippen LogP contribution in [0.2, 0.25) is 0 Å². The van der Waals surface area contributed by atoms with Crippen molar-refractivity contribution >= 4 is 11.6 Å². The van der Waals surface area contributed by atoms with Crippen LogP contribution in [0.15, 0.2) is 47.3 Å². The van der Waals surface area contributed by atoms with E-state index in [0.717, 1.165) is 18.3 Å². The number of hydrogen-bond acceptors (Lipinski definition) is 2. The van der Waals surface area contributed by atoms with Gasteiger partial charge in [-0.15, -0.1) is 0 Å². The van der Waals surface area contributed by atoms with Crippen molar-refractivity contribution in [2.75, 3.05) is 0 Å². The molecule has 4 rings (SSSR count). The maximum absolute atomic E-state index is 4.36. The average Bonchev–Trinajstić information content (AvgIpc) is 2.86. The normalized spacial score (nSPS) is 18.8. The molecule has 0 unspecified atom stereocenters. The summed E-state index contributed by atoms with van der Waals surface area (Å²) in [4.78, 5) is 4.36. The third-order valence-corrected chi connectivity index (χ3v) is 3.57. The molecule has 0 aromatic heterocycles. The second-order valence-corrected chi connectivity index (χ2v) is 4.49. The molecule has 0 atom stereocenters. The summed E-state index contributed by atoms with van der Waals surface area (Å²) >= 11 is 0. The molecule has 0 fully saturated rings. The van der Waals surface area contributed by atoms with E-state index in [4.69, 9.17) is 0 Å². The van der Waals surface area contributed by atoms with E-state index >= 15 is 0 Å². The Morgan fingerprint density at radius 2 is 2.18 bits per heavy atom. The van der Waals surface area contributed by atoms with Gasteiger partial charge in [-0.05, 0) is 29.3 Å². The van der Waals surface area contributed by atoms with Gasteiger partial charge in [0.05, 0.1) is 5.36 Å². The molecule has 2 heterocycles. The first-order chi connectivity index (χ1) is 8.43. The zero-order valence-electron chi connectivity index (χ0n) is 9.40. The minimum Gasteiger partial charge on any atom is -0.381 e. The van der Waals surface area contributed by atoms with E-state index in [-0.39, 0.29) is 0 Å². The third kappa shape index (κ3) is 1.18. The van der Waals surface area contributed by atoms with Crippen molar-refractivity contribution in [3.63, 3.8) is 0 Å². The molecular weight excluding hydrogens is 208 g/mol. The monoisotopic (exact) mass is 220 g/mol. The van der Waals surface area contributed by atoms with Gasteiger partial charge in [-0.3, -0.25) is 4.99 Å². The molecule has 2 nitrogen and oxygen atoms in total. The van der Waals surface area contributed by atoms with Crippen molar-refractivity contribution in [1.82, 2.24) is 5.32 Å². The molecule has 0 radical (unpaired) electrons. The number of nitrogens with zero attached hydrogens (tertiary/aromatic N) is 1. The number of fused-ring (bicyclic) bond motifs is 4. The summed E-state index contributed by atoms with van der Waals surface area (Å²) < 4.78 is 0. The fraction of sp³-hybridized carbons (Fsp3) is 0.133. The van der Waals surface area contributed by atoms with E-state index in [9.17, 15) is 0 Å². The van der Waals surface area contributed by atoms with Crippen molar-refractivity contribution in [2.45, 2.75) is 13.0 Å². The Morgan fingerprint density at radius 1 is 1.18 bits per heavy atom. The van der Waals surface area contributed by atoms with Gasteiger partial charge in [0.2, 0.25) is 0 Å². The lowest BCUT2D eigenvalue weighted by molar-refractivity contribution is 0.805. The molecule has 0 amide bonds. The zero-order valence-corrected chi connectivity index (χ0v) is 9.40. The number of hydrogen-bond donors (Lipinski definition) is 1. The Kier molecular flexibility index (Phi) is 1.69. The van der Waals surface area contributed by atoms with Crippen LogP contribution in [0.25, 0.3) is 11.6 Å². The average molecular weight is 220 g/mol. The topological polar surface area (TPSA) is 24.4 Å². The van der Waals surface area contributed by atoms with Gasteiger partial charge in [-0.2, -0.15) is 0 Å². The molecule has 2 heteroatoms. The van der Waals surface area contributed by atoms with E-state index in [1.165, 1.54) is 27.6 Å². The Hall–Kier alpha value is -2.09. The van der Waals surface area contributed by atoms with Crippen molar-refractivity contribution < 1.29 is 0 Å². The molecule has 0 spiro atoms. The predicted octanol–water partition coefficient (Wildman–Crippen LogP) is 1.39. The second-order valence-electron chi connectivity index (χ2n) is 4.49. The highest BCUT2D eigenvalue weighted by Gasteiger charge is 2.17. The van der Waals surface area contributed by atoms with Crippen molar-refractivity contribution in [3.05, 3.63) is 64.0 Å². The van der Waals surface area contributed by atoms with Gasteiger partial charge in [0.1, 0.15) is 0 Å². The van der Waals surface area contributed by atoms with E-state index in [0.29, 0.717) is 0 Å². The Balaban J connectivity index is 2.15. The molecule has 1 aromatic carbocycles. The molecule has 1 aliphatic carbocycles. The van der Waals surface area contributed by atoms with Crippen LogP contribution in [0, 0.1) is 0 Å². The van der Waals surface area contributed by atoms with Gasteiger partial charge in [-0.1, -0.05) is 24.3 Å². The first kappa shape index (κ1) is 8.99. The number of rotatable bonds is 0. The van der Waals surface area contributed by atoms with Gasteiger partial charge < -0.3 is 5.32 Å². The van der Waals surface area contributed by atoms with Crippen molar-refractivity contribution in [2.24, 2.45) is 4.99 Å². The molecule has 17 heavy (non-hydrogen) atoms. The predicted molar refractivity (Wildman–Crippen MR) is 68.3 cm³/mol. The van der Waals surface area contributed by atoms with Gasteiger partial charge >= 0.3 is 0 Å². The van der Waals surface area contributed by atoms with Gasteiger partial charge in [0.25, 0.3) is 0 Å². The van der Waals surface area contributed by atoms with E-state index in [1.807, 2.05) is 6.20 Å². The summed E-state index contributed by atoms with van der Waals surface area (Å²) in [6.07, 6.45) is 11.7. The molecule has 0 bridgehead atoms. The molecule has 0 saturated heterocycles. The van der Waals surface area contributed by atoms with E-state index in [2.05, 4.69) is 46.7 Å². The highest BCUT2D eigenvalue weighted by Crippen LogP contribution is 2.21.